The molecule has 1 heterocycles. The highest BCUT2D eigenvalue weighted by atomic mass is 35.5. The van der Waals surface area contributed by atoms with Crippen LogP contribution in [-0.2, 0) is 4.74 Å². The molecule has 4 fully saturated rings. The summed E-state index contributed by atoms with van der Waals surface area (Å²) in [6, 6.07) is 12.7. The Labute approximate surface area is 245 Å². The molecule has 206 valence electrons. The molecule has 1 N–H and O–H groups in total. The number of amides is 1. The van der Waals surface area contributed by atoms with Gasteiger partial charge in [-0.1, -0.05) is 46.9 Å². The molecule has 0 spiro atoms. The number of nitrogens with one attached hydrogen (secondary N) is 1. The standard InChI is InChI=1S/C31H34Cl3N3O2/c1-19-28(30(38)35-9-11-39-10-8-31-16-20-12-21(17-31)14-22(13-20)18-31)36-37(27-7-6-25(33)15-26(27)34)29(19)23-2-4-24(32)5-3-23/h2-7,15,20-22H,8-14,16-18H2,1H3,(H,35,38). The molecule has 0 radical (unpaired) electrons. The fourth-order valence-corrected chi connectivity index (χ4v) is 8.41. The second-order valence-electron chi connectivity index (χ2n) is 11.9. The summed E-state index contributed by atoms with van der Waals surface area (Å²) in [5, 5.41) is 9.30. The highest BCUT2D eigenvalue weighted by molar-refractivity contribution is 6.35. The smallest absolute Gasteiger partial charge is 0.272 e. The number of carbonyl (C=O) groups is 1. The van der Waals surface area contributed by atoms with Gasteiger partial charge in [0.2, 0.25) is 0 Å². The van der Waals surface area contributed by atoms with Crippen molar-refractivity contribution in [3.63, 3.8) is 0 Å². The minimum absolute atomic E-state index is 0.240. The van der Waals surface area contributed by atoms with E-state index in [4.69, 9.17) is 44.6 Å². The molecule has 0 unspecified atom stereocenters. The Balaban J connectivity index is 1.11. The number of nitrogens with zero attached hydrogens (tertiary/aromatic N) is 2. The molecule has 0 saturated heterocycles. The lowest BCUT2D eigenvalue weighted by molar-refractivity contribution is -0.0686. The fraction of sp³-hybridized carbons (Fsp3) is 0.484. The third-order valence-corrected chi connectivity index (χ3v) is 9.86. The largest absolute Gasteiger partial charge is 0.380 e. The van der Waals surface area contributed by atoms with Crippen molar-refractivity contribution in [3.05, 3.63) is 68.8 Å². The number of hydrogen-bond acceptors (Lipinski definition) is 3. The van der Waals surface area contributed by atoms with E-state index in [0.717, 1.165) is 47.6 Å². The Morgan fingerprint density at radius 1 is 0.974 bits per heavy atom. The maximum absolute atomic E-state index is 13.2. The van der Waals surface area contributed by atoms with Crippen LogP contribution in [0.3, 0.4) is 0 Å². The zero-order valence-corrected chi connectivity index (χ0v) is 24.5. The summed E-state index contributed by atoms with van der Waals surface area (Å²) in [7, 11) is 0. The van der Waals surface area contributed by atoms with Crippen LogP contribution in [0.2, 0.25) is 15.1 Å². The molecule has 7 rings (SSSR count). The Hall–Kier alpha value is -2.05. The van der Waals surface area contributed by atoms with E-state index < -0.39 is 0 Å². The van der Waals surface area contributed by atoms with Gasteiger partial charge in [0.05, 0.1) is 23.0 Å². The predicted octanol–water partition coefficient (Wildman–Crippen LogP) is 8.16. The van der Waals surface area contributed by atoms with Gasteiger partial charge < -0.3 is 10.1 Å². The van der Waals surface area contributed by atoms with Crippen LogP contribution in [0, 0.1) is 30.1 Å². The van der Waals surface area contributed by atoms with Gasteiger partial charge in [0, 0.05) is 34.3 Å². The lowest BCUT2D eigenvalue weighted by Gasteiger charge is -2.57. The Morgan fingerprint density at radius 3 is 2.26 bits per heavy atom. The lowest BCUT2D eigenvalue weighted by atomic mass is 9.49. The van der Waals surface area contributed by atoms with E-state index in [1.807, 2.05) is 31.2 Å². The molecule has 0 aliphatic heterocycles. The zero-order valence-electron chi connectivity index (χ0n) is 22.2. The van der Waals surface area contributed by atoms with Crippen LogP contribution in [0.1, 0.15) is 61.0 Å². The van der Waals surface area contributed by atoms with Crippen LogP contribution in [0.15, 0.2) is 42.5 Å². The molecule has 2 aromatic carbocycles. The van der Waals surface area contributed by atoms with Gasteiger partial charge in [-0.25, -0.2) is 4.68 Å². The normalized spacial score (nSPS) is 25.3. The first-order valence-electron chi connectivity index (χ1n) is 14.0. The first kappa shape index (κ1) is 27.1. The van der Waals surface area contributed by atoms with Crippen molar-refractivity contribution in [1.29, 1.82) is 0 Å². The van der Waals surface area contributed by atoms with Crippen LogP contribution in [-0.4, -0.2) is 35.4 Å². The Morgan fingerprint density at radius 2 is 1.62 bits per heavy atom. The SMILES string of the molecule is Cc1c(C(=O)NCCOCCC23CC4CC(CC(C4)C2)C3)nn(-c2ccc(Cl)cc2Cl)c1-c1ccc(Cl)cc1. The highest BCUT2D eigenvalue weighted by Crippen LogP contribution is 2.61. The molecule has 39 heavy (non-hydrogen) atoms. The summed E-state index contributed by atoms with van der Waals surface area (Å²) in [5.74, 6) is 2.63. The lowest BCUT2D eigenvalue weighted by Crippen LogP contribution is -2.46. The monoisotopic (exact) mass is 585 g/mol. The van der Waals surface area contributed by atoms with Gasteiger partial charge in [0.25, 0.3) is 5.91 Å². The number of halogens is 3. The molecule has 4 aliphatic rings. The molecule has 3 aromatic rings. The summed E-state index contributed by atoms with van der Waals surface area (Å²) < 4.78 is 7.71. The quantitative estimate of drug-likeness (QED) is 0.257. The molecular weight excluding hydrogens is 553 g/mol. The van der Waals surface area contributed by atoms with E-state index in [0.29, 0.717) is 45.0 Å². The van der Waals surface area contributed by atoms with Gasteiger partial charge in [0.1, 0.15) is 0 Å². The van der Waals surface area contributed by atoms with Gasteiger partial charge >= 0.3 is 0 Å². The summed E-state index contributed by atoms with van der Waals surface area (Å²) in [5.41, 5.74) is 3.91. The minimum atomic E-state index is -0.240. The van der Waals surface area contributed by atoms with Crippen LogP contribution in [0.5, 0.6) is 0 Å². The summed E-state index contributed by atoms with van der Waals surface area (Å²) in [6.07, 6.45) is 9.74. The van der Waals surface area contributed by atoms with Crippen LogP contribution in [0.4, 0.5) is 0 Å². The number of hydrogen-bond donors (Lipinski definition) is 1. The van der Waals surface area contributed by atoms with E-state index in [9.17, 15) is 4.79 Å². The maximum Gasteiger partial charge on any atom is 0.272 e. The van der Waals surface area contributed by atoms with Gasteiger partial charge in [-0.05, 0) is 105 Å². The van der Waals surface area contributed by atoms with E-state index in [1.54, 1.807) is 22.9 Å². The molecular formula is C31H34Cl3N3O2. The van der Waals surface area contributed by atoms with Crippen LogP contribution >= 0.6 is 34.8 Å². The van der Waals surface area contributed by atoms with E-state index in [-0.39, 0.29) is 5.91 Å². The average molecular weight is 587 g/mol. The molecule has 8 heteroatoms. The average Bonchev–Trinajstić information content (AvgIpc) is 3.22. The molecule has 1 aromatic heterocycles. The van der Waals surface area contributed by atoms with Crippen molar-refractivity contribution in [1.82, 2.24) is 15.1 Å². The number of carbonyl (C=O) groups excluding carboxylic acids is 1. The topological polar surface area (TPSA) is 56.1 Å². The number of aromatic nitrogens is 2. The van der Waals surface area contributed by atoms with Crippen LogP contribution < -0.4 is 5.32 Å². The molecule has 4 saturated carbocycles. The molecule has 0 atom stereocenters. The van der Waals surface area contributed by atoms with Crippen molar-refractivity contribution in [2.45, 2.75) is 51.9 Å². The van der Waals surface area contributed by atoms with Crippen LogP contribution in [0.25, 0.3) is 16.9 Å². The molecule has 4 bridgehead atoms. The second-order valence-corrected chi connectivity index (χ2v) is 13.2. The predicted molar refractivity (Wildman–Crippen MR) is 157 cm³/mol. The van der Waals surface area contributed by atoms with Gasteiger partial charge in [0.15, 0.2) is 5.69 Å². The third kappa shape index (κ3) is 5.61. The van der Waals surface area contributed by atoms with Gasteiger partial charge in [-0.3, -0.25) is 4.79 Å². The minimum Gasteiger partial charge on any atom is -0.380 e. The Kier molecular flexibility index (Phi) is 7.71. The zero-order chi connectivity index (χ0) is 27.1. The van der Waals surface area contributed by atoms with E-state index in [2.05, 4.69) is 5.32 Å². The molecule has 1 amide bonds. The maximum atomic E-state index is 13.2. The van der Waals surface area contributed by atoms with Crippen molar-refractivity contribution < 1.29 is 9.53 Å². The summed E-state index contributed by atoms with van der Waals surface area (Å²) in [6.45, 7) is 3.59. The van der Waals surface area contributed by atoms with Crippen molar-refractivity contribution in [2.24, 2.45) is 23.2 Å². The van der Waals surface area contributed by atoms with Crippen molar-refractivity contribution in [2.75, 3.05) is 19.8 Å². The summed E-state index contributed by atoms with van der Waals surface area (Å²) in [4.78, 5) is 13.2. The fourth-order valence-electron chi connectivity index (χ4n) is 7.79. The molecule has 5 nitrogen and oxygen atoms in total. The Bertz CT molecular complexity index is 1330. The number of ether oxygens (including phenoxy) is 1. The first-order chi connectivity index (χ1) is 18.8. The molecule has 4 aliphatic carbocycles. The third-order valence-electron chi connectivity index (χ3n) is 9.07. The summed E-state index contributed by atoms with van der Waals surface area (Å²) >= 11 is 18.8. The number of rotatable bonds is 9. The van der Waals surface area contributed by atoms with Gasteiger partial charge in [-0.2, -0.15) is 5.10 Å². The van der Waals surface area contributed by atoms with Crippen molar-refractivity contribution >= 4 is 40.7 Å². The number of benzene rings is 2. The van der Waals surface area contributed by atoms with Gasteiger partial charge in [-0.15, -0.1) is 0 Å². The first-order valence-corrected chi connectivity index (χ1v) is 15.1. The van der Waals surface area contributed by atoms with Crippen molar-refractivity contribution in [3.8, 4) is 16.9 Å². The second kappa shape index (κ2) is 11.1. The highest BCUT2D eigenvalue weighted by Gasteiger charge is 2.50. The van der Waals surface area contributed by atoms with E-state index >= 15 is 0 Å². The van der Waals surface area contributed by atoms with E-state index in [1.165, 1.54) is 38.5 Å².